The van der Waals surface area contributed by atoms with Gasteiger partial charge in [0.25, 0.3) is 5.56 Å². The minimum Gasteiger partial charge on any atom is -0.467 e. The molecule has 2 aromatic heterocycles. The first kappa shape index (κ1) is 23.4. The van der Waals surface area contributed by atoms with Crippen LogP contribution >= 0.6 is 0 Å². The van der Waals surface area contributed by atoms with Gasteiger partial charge in [-0.15, -0.1) is 0 Å². The number of aromatic amines is 1. The molecule has 2 amide bonds. The fourth-order valence-electron chi connectivity index (χ4n) is 3.93. The molecule has 0 radical (unpaired) electrons. The number of likely N-dealkylation sites (tertiary alicyclic amines) is 1. The number of nitrogens with zero attached hydrogens (tertiary/aromatic N) is 3. The SMILES string of the molecule is CCCCN(C(=O)C1CC(=O)N(Cc2ccco2)C1)c1c(N)n(CC(C)C)c(=O)[nH]c1=O. The van der Waals surface area contributed by atoms with Gasteiger partial charge in [-0.1, -0.05) is 27.2 Å². The third-order valence-corrected chi connectivity index (χ3v) is 5.52. The van der Waals surface area contributed by atoms with Gasteiger partial charge in [0.2, 0.25) is 11.8 Å². The zero-order chi connectivity index (χ0) is 23.4. The first-order valence-electron chi connectivity index (χ1n) is 11.0. The molecule has 1 aliphatic heterocycles. The topological polar surface area (TPSA) is 135 Å². The van der Waals surface area contributed by atoms with E-state index < -0.39 is 17.2 Å². The molecule has 1 atom stereocenters. The van der Waals surface area contributed by atoms with Crippen molar-refractivity contribution in [3.05, 3.63) is 45.0 Å². The van der Waals surface area contributed by atoms with Crippen molar-refractivity contribution in [1.29, 1.82) is 0 Å². The zero-order valence-electron chi connectivity index (χ0n) is 18.8. The molecule has 0 aromatic carbocycles. The number of nitrogens with one attached hydrogen (secondary N) is 1. The van der Waals surface area contributed by atoms with Crippen LogP contribution in [0.3, 0.4) is 0 Å². The summed E-state index contributed by atoms with van der Waals surface area (Å²) in [5.74, 6) is -0.401. The largest absolute Gasteiger partial charge is 0.467 e. The van der Waals surface area contributed by atoms with E-state index >= 15 is 0 Å². The molecule has 10 heteroatoms. The van der Waals surface area contributed by atoms with Crippen LogP contribution in [0.1, 0.15) is 45.8 Å². The number of carbonyl (C=O) groups is 2. The first-order valence-corrected chi connectivity index (χ1v) is 11.0. The van der Waals surface area contributed by atoms with Crippen LogP contribution in [0.4, 0.5) is 11.5 Å². The third-order valence-electron chi connectivity index (χ3n) is 5.52. The molecule has 0 aliphatic carbocycles. The Hall–Kier alpha value is -3.30. The molecule has 0 saturated carbocycles. The number of aromatic nitrogens is 2. The minimum atomic E-state index is -0.700. The first-order chi connectivity index (χ1) is 15.2. The molecule has 2 aromatic rings. The van der Waals surface area contributed by atoms with Crippen LogP contribution < -0.4 is 21.9 Å². The highest BCUT2D eigenvalue weighted by Crippen LogP contribution is 2.26. The Morgan fingerprint density at radius 1 is 1.34 bits per heavy atom. The van der Waals surface area contributed by atoms with E-state index in [1.54, 1.807) is 17.0 Å². The van der Waals surface area contributed by atoms with Crippen molar-refractivity contribution >= 4 is 23.3 Å². The second-order valence-electron chi connectivity index (χ2n) is 8.60. The second kappa shape index (κ2) is 9.88. The average Bonchev–Trinajstić information content (AvgIpc) is 3.37. The van der Waals surface area contributed by atoms with E-state index in [0.717, 1.165) is 6.42 Å². The average molecular weight is 446 g/mol. The summed E-state index contributed by atoms with van der Waals surface area (Å²) in [4.78, 5) is 56.3. The summed E-state index contributed by atoms with van der Waals surface area (Å²) in [7, 11) is 0. The van der Waals surface area contributed by atoms with Crippen LogP contribution in [-0.4, -0.2) is 39.4 Å². The molecule has 32 heavy (non-hydrogen) atoms. The molecule has 174 valence electrons. The van der Waals surface area contributed by atoms with Gasteiger partial charge in [-0.3, -0.25) is 23.9 Å². The lowest BCUT2D eigenvalue weighted by molar-refractivity contribution is -0.129. The van der Waals surface area contributed by atoms with E-state index in [2.05, 4.69) is 4.98 Å². The molecule has 1 saturated heterocycles. The maximum atomic E-state index is 13.5. The zero-order valence-corrected chi connectivity index (χ0v) is 18.8. The van der Waals surface area contributed by atoms with Crippen LogP contribution in [0, 0.1) is 11.8 Å². The molecular weight excluding hydrogens is 414 g/mol. The van der Waals surface area contributed by atoms with Crippen LogP contribution in [-0.2, 0) is 22.7 Å². The monoisotopic (exact) mass is 445 g/mol. The summed E-state index contributed by atoms with van der Waals surface area (Å²) in [6, 6.07) is 3.51. The van der Waals surface area contributed by atoms with Gasteiger partial charge in [0.1, 0.15) is 11.6 Å². The highest BCUT2D eigenvalue weighted by Gasteiger charge is 2.38. The molecule has 3 N–H and O–H groups in total. The van der Waals surface area contributed by atoms with Crippen LogP contribution in [0.2, 0.25) is 0 Å². The van der Waals surface area contributed by atoms with Crippen LogP contribution in [0.25, 0.3) is 0 Å². The van der Waals surface area contributed by atoms with Gasteiger partial charge in [0.15, 0.2) is 5.69 Å². The van der Waals surface area contributed by atoms with Crippen LogP contribution in [0.5, 0.6) is 0 Å². The van der Waals surface area contributed by atoms with Gasteiger partial charge in [0, 0.05) is 26.1 Å². The predicted molar refractivity (Wildman–Crippen MR) is 120 cm³/mol. The maximum absolute atomic E-state index is 13.5. The Bertz CT molecular complexity index is 1070. The molecule has 0 spiro atoms. The van der Waals surface area contributed by atoms with Crippen molar-refractivity contribution in [3.8, 4) is 0 Å². The summed E-state index contributed by atoms with van der Waals surface area (Å²) in [6.45, 7) is 6.91. The van der Waals surface area contributed by atoms with Crippen molar-refractivity contribution in [3.63, 3.8) is 0 Å². The predicted octanol–water partition coefficient (Wildman–Crippen LogP) is 1.55. The van der Waals surface area contributed by atoms with Gasteiger partial charge in [-0.2, -0.15) is 0 Å². The normalized spacial score (nSPS) is 16.2. The van der Waals surface area contributed by atoms with Crippen molar-refractivity contribution in [1.82, 2.24) is 14.5 Å². The Labute approximate surface area is 186 Å². The standard InChI is InChI=1S/C22H31N5O5/c1-4-5-8-26(18-19(23)27(11-14(2)3)22(31)24-20(18)29)21(30)15-10-17(28)25(12-15)13-16-7-6-9-32-16/h6-7,9,14-15H,4-5,8,10-13,23H2,1-3H3,(H,24,29,31). The highest BCUT2D eigenvalue weighted by molar-refractivity contribution is 6.00. The number of amides is 2. The maximum Gasteiger partial charge on any atom is 0.330 e. The van der Waals surface area contributed by atoms with E-state index in [-0.39, 0.29) is 55.3 Å². The second-order valence-corrected chi connectivity index (χ2v) is 8.60. The highest BCUT2D eigenvalue weighted by atomic mass is 16.3. The molecule has 3 rings (SSSR count). The Kier molecular flexibility index (Phi) is 7.22. The smallest absolute Gasteiger partial charge is 0.330 e. The lowest BCUT2D eigenvalue weighted by atomic mass is 10.1. The Morgan fingerprint density at radius 3 is 2.72 bits per heavy atom. The van der Waals surface area contributed by atoms with E-state index in [1.165, 1.54) is 15.7 Å². The molecule has 3 heterocycles. The van der Waals surface area contributed by atoms with Gasteiger partial charge < -0.3 is 20.0 Å². The number of anilines is 2. The number of hydrogen-bond acceptors (Lipinski definition) is 6. The number of carbonyl (C=O) groups excluding carboxylic acids is 2. The molecule has 1 aliphatic rings. The molecule has 1 unspecified atom stereocenters. The van der Waals surface area contributed by atoms with Crippen molar-refractivity contribution in [2.24, 2.45) is 11.8 Å². The van der Waals surface area contributed by atoms with Crippen molar-refractivity contribution < 1.29 is 14.0 Å². The Morgan fingerprint density at radius 2 is 2.09 bits per heavy atom. The van der Waals surface area contributed by atoms with E-state index in [1.807, 2.05) is 20.8 Å². The number of hydrogen-bond donors (Lipinski definition) is 2. The Balaban J connectivity index is 1.91. The number of H-pyrrole nitrogens is 1. The number of nitrogen functional groups attached to an aromatic ring is 1. The minimum absolute atomic E-state index is 0.0272. The fourth-order valence-corrected chi connectivity index (χ4v) is 3.93. The van der Waals surface area contributed by atoms with Crippen molar-refractivity contribution in [2.75, 3.05) is 23.7 Å². The summed E-state index contributed by atoms with van der Waals surface area (Å²) in [5.41, 5.74) is 4.92. The van der Waals surface area contributed by atoms with Gasteiger partial charge in [0.05, 0.1) is 18.7 Å². The van der Waals surface area contributed by atoms with E-state index in [0.29, 0.717) is 18.7 Å². The van der Waals surface area contributed by atoms with E-state index in [4.69, 9.17) is 10.2 Å². The van der Waals surface area contributed by atoms with Gasteiger partial charge in [-0.05, 0) is 24.5 Å². The summed E-state index contributed by atoms with van der Waals surface area (Å²) in [5, 5.41) is 0. The number of rotatable bonds is 9. The summed E-state index contributed by atoms with van der Waals surface area (Å²) >= 11 is 0. The fraction of sp³-hybridized carbons (Fsp3) is 0.545. The molecular formula is C22H31N5O5. The lowest BCUT2D eigenvalue weighted by Gasteiger charge is -2.27. The van der Waals surface area contributed by atoms with Gasteiger partial charge in [-0.25, -0.2) is 4.79 Å². The number of furan rings is 1. The lowest BCUT2D eigenvalue weighted by Crippen LogP contribution is -2.44. The quantitative estimate of drug-likeness (QED) is 0.601. The van der Waals surface area contributed by atoms with Crippen LogP contribution in [0.15, 0.2) is 32.4 Å². The summed E-state index contributed by atoms with van der Waals surface area (Å²) in [6.07, 6.45) is 3.02. The molecule has 10 nitrogen and oxygen atoms in total. The van der Waals surface area contributed by atoms with Gasteiger partial charge >= 0.3 is 5.69 Å². The molecule has 0 bridgehead atoms. The summed E-state index contributed by atoms with van der Waals surface area (Å²) < 4.78 is 6.60. The number of unbranched alkanes of at least 4 members (excludes halogenated alkanes) is 1. The third kappa shape index (κ3) is 4.95. The number of nitrogens with two attached hydrogens (primary N) is 1. The van der Waals surface area contributed by atoms with Crippen molar-refractivity contribution in [2.45, 2.75) is 53.1 Å². The molecule has 1 fully saturated rings. The van der Waals surface area contributed by atoms with E-state index in [9.17, 15) is 19.2 Å².